The summed E-state index contributed by atoms with van der Waals surface area (Å²) in [6, 6.07) is 4.62. The number of aldehydes is 1. The van der Waals surface area contributed by atoms with Crippen LogP contribution in [0.2, 0.25) is 0 Å². The summed E-state index contributed by atoms with van der Waals surface area (Å²) in [5.74, 6) is -0.498. The van der Waals surface area contributed by atoms with Crippen LogP contribution < -0.4 is 0 Å². The van der Waals surface area contributed by atoms with Crippen molar-refractivity contribution in [2.24, 2.45) is 0 Å². The number of hydrogen-bond acceptors (Lipinski definition) is 4. The zero-order chi connectivity index (χ0) is 12.8. The normalized spacial score (nSPS) is 9.76. The third-order valence-corrected chi connectivity index (χ3v) is 2.22. The minimum absolute atomic E-state index is 0.0306. The summed E-state index contributed by atoms with van der Waals surface area (Å²) in [6.07, 6.45) is 0.832. The summed E-state index contributed by atoms with van der Waals surface area (Å²) in [5, 5.41) is 0. The Balaban J connectivity index is 3.03. The number of rotatable bonds is 5. The predicted octanol–water partition coefficient (Wildman–Crippen LogP) is 1.81. The summed E-state index contributed by atoms with van der Waals surface area (Å²) in [5.41, 5.74) is 1.30. The molecule has 0 aliphatic rings. The standard InChI is InChI=1S/C13H14O4/c1-3-17-13(16)11-5-4-10(6-9(2)15)12(7-11)8-14/h4-5,7-8H,3,6H2,1-2H3. The van der Waals surface area contributed by atoms with E-state index < -0.39 is 5.97 Å². The number of carbonyl (C=O) groups excluding carboxylic acids is 3. The van der Waals surface area contributed by atoms with Crippen LogP contribution in [-0.2, 0) is 16.0 Å². The quantitative estimate of drug-likeness (QED) is 0.575. The summed E-state index contributed by atoms with van der Waals surface area (Å²) >= 11 is 0. The fourth-order valence-electron chi connectivity index (χ4n) is 1.48. The molecule has 0 radical (unpaired) electrons. The fourth-order valence-corrected chi connectivity index (χ4v) is 1.48. The first kappa shape index (κ1) is 13.1. The van der Waals surface area contributed by atoms with Gasteiger partial charge in [0.1, 0.15) is 12.1 Å². The van der Waals surface area contributed by atoms with E-state index >= 15 is 0 Å². The Morgan fingerprint density at radius 1 is 1.35 bits per heavy atom. The van der Waals surface area contributed by atoms with Crippen LogP contribution in [0.1, 0.15) is 40.1 Å². The SMILES string of the molecule is CCOC(=O)c1ccc(CC(C)=O)c(C=O)c1. The summed E-state index contributed by atoms with van der Waals surface area (Å²) in [4.78, 5) is 33.3. The van der Waals surface area contributed by atoms with Crippen molar-refractivity contribution in [1.82, 2.24) is 0 Å². The maximum atomic E-state index is 11.4. The van der Waals surface area contributed by atoms with E-state index in [-0.39, 0.29) is 18.8 Å². The monoisotopic (exact) mass is 234 g/mol. The highest BCUT2D eigenvalue weighted by molar-refractivity contribution is 5.93. The van der Waals surface area contributed by atoms with Crippen LogP contribution in [0.4, 0.5) is 0 Å². The number of hydrogen-bond donors (Lipinski definition) is 0. The first-order chi connectivity index (χ1) is 8.08. The van der Waals surface area contributed by atoms with Crippen molar-refractivity contribution in [2.45, 2.75) is 20.3 Å². The van der Waals surface area contributed by atoms with Crippen LogP contribution in [0.15, 0.2) is 18.2 Å². The molecule has 0 heterocycles. The van der Waals surface area contributed by atoms with E-state index in [9.17, 15) is 14.4 Å². The third-order valence-electron chi connectivity index (χ3n) is 2.22. The van der Waals surface area contributed by atoms with E-state index in [2.05, 4.69) is 0 Å². The van der Waals surface area contributed by atoms with Gasteiger partial charge in [0.15, 0.2) is 0 Å². The van der Waals surface area contributed by atoms with Gasteiger partial charge >= 0.3 is 5.97 Å². The van der Waals surface area contributed by atoms with Gasteiger partial charge in [0.25, 0.3) is 0 Å². The van der Waals surface area contributed by atoms with Crippen molar-refractivity contribution in [3.05, 3.63) is 34.9 Å². The van der Waals surface area contributed by atoms with Gasteiger partial charge < -0.3 is 4.74 Å². The van der Waals surface area contributed by atoms with Crippen molar-refractivity contribution < 1.29 is 19.1 Å². The maximum Gasteiger partial charge on any atom is 0.338 e. The molecule has 17 heavy (non-hydrogen) atoms. The molecule has 0 atom stereocenters. The number of Topliss-reactive ketones (excluding diaryl/α,β-unsaturated/α-hetero) is 1. The number of benzene rings is 1. The van der Waals surface area contributed by atoms with Crippen molar-refractivity contribution in [3.63, 3.8) is 0 Å². The Bertz CT molecular complexity index is 449. The van der Waals surface area contributed by atoms with Gasteiger partial charge in [-0.15, -0.1) is 0 Å². The molecule has 1 rings (SSSR count). The van der Waals surface area contributed by atoms with Gasteiger partial charge in [-0.05, 0) is 31.5 Å². The lowest BCUT2D eigenvalue weighted by Gasteiger charge is -2.06. The third kappa shape index (κ3) is 3.52. The number of ketones is 1. The van der Waals surface area contributed by atoms with Crippen LogP contribution in [0.3, 0.4) is 0 Å². The second kappa shape index (κ2) is 5.94. The Morgan fingerprint density at radius 3 is 2.59 bits per heavy atom. The zero-order valence-electron chi connectivity index (χ0n) is 9.86. The minimum Gasteiger partial charge on any atom is -0.462 e. The second-order valence-corrected chi connectivity index (χ2v) is 3.63. The molecule has 0 saturated heterocycles. The summed E-state index contributed by atoms with van der Waals surface area (Å²) < 4.78 is 4.83. The summed E-state index contributed by atoms with van der Waals surface area (Å²) in [6.45, 7) is 3.45. The van der Waals surface area contributed by atoms with E-state index in [0.29, 0.717) is 23.0 Å². The van der Waals surface area contributed by atoms with E-state index in [4.69, 9.17) is 4.74 Å². The smallest absolute Gasteiger partial charge is 0.338 e. The first-order valence-corrected chi connectivity index (χ1v) is 5.33. The lowest BCUT2D eigenvalue weighted by molar-refractivity contribution is -0.116. The van der Waals surface area contributed by atoms with Crippen LogP contribution in [0.25, 0.3) is 0 Å². The molecule has 0 fully saturated rings. The van der Waals surface area contributed by atoms with Crippen LogP contribution in [-0.4, -0.2) is 24.6 Å². The highest BCUT2D eigenvalue weighted by atomic mass is 16.5. The van der Waals surface area contributed by atoms with Crippen molar-refractivity contribution in [2.75, 3.05) is 6.61 Å². The fraction of sp³-hybridized carbons (Fsp3) is 0.308. The molecule has 0 unspecified atom stereocenters. The molecule has 0 aromatic heterocycles. The van der Waals surface area contributed by atoms with Gasteiger partial charge in [0.2, 0.25) is 0 Å². The van der Waals surface area contributed by atoms with Gasteiger partial charge in [0, 0.05) is 12.0 Å². The molecular formula is C13H14O4. The lowest BCUT2D eigenvalue weighted by atomic mass is 10.0. The molecule has 1 aromatic rings. The van der Waals surface area contributed by atoms with Gasteiger partial charge in [-0.2, -0.15) is 0 Å². The average Bonchev–Trinajstić information content (AvgIpc) is 2.29. The molecule has 0 aliphatic carbocycles. The van der Waals surface area contributed by atoms with E-state index in [1.807, 2.05) is 0 Å². The maximum absolute atomic E-state index is 11.4. The Kier molecular flexibility index (Phi) is 4.57. The van der Waals surface area contributed by atoms with Crippen LogP contribution in [0, 0.1) is 0 Å². The molecule has 0 saturated carbocycles. The second-order valence-electron chi connectivity index (χ2n) is 3.63. The molecule has 0 spiro atoms. The average molecular weight is 234 g/mol. The molecular weight excluding hydrogens is 220 g/mol. The molecule has 90 valence electrons. The lowest BCUT2D eigenvalue weighted by Crippen LogP contribution is -2.07. The molecule has 0 aliphatic heterocycles. The largest absolute Gasteiger partial charge is 0.462 e. The number of carbonyl (C=O) groups is 3. The van der Waals surface area contributed by atoms with E-state index in [1.54, 1.807) is 19.1 Å². The van der Waals surface area contributed by atoms with Gasteiger partial charge in [-0.3, -0.25) is 9.59 Å². The predicted molar refractivity (Wildman–Crippen MR) is 62.2 cm³/mol. The zero-order valence-corrected chi connectivity index (χ0v) is 9.86. The molecule has 4 heteroatoms. The van der Waals surface area contributed by atoms with Crippen molar-refractivity contribution in [1.29, 1.82) is 0 Å². The highest BCUT2D eigenvalue weighted by Gasteiger charge is 2.11. The van der Waals surface area contributed by atoms with Crippen molar-refractivity contribution in [3.8, 4) is 0 Å². The number of esters is 1. The van der Waals surface area contributed by atoms with Gasteiger partial charge in [-0.25, -0.2) is 4.79 Å². The topological polar surface area (TPSA) is 60.4 Å². The van der Waals surface area contributed by atoms with Crippen molar-refractivity contribution >= 4 is 18.0 Å². The van der Waals surface area contributed by atoms with Gasteiger partial charge in [0.05, 0.1) is 12.2 Å². The van der Waals surface area contributed by atoms with Gasteiger partial charge in [-0.1, -0.05) is 6.07 Å². The molecule has 0 N–H and O–H groups in total. The first-order valence-electron chi connectivity index (χ1n) is 5.33. The molecule has 4 nitrogen and oxygen atoms in total. The Labute approximate surface area is 99.6 Å². The van der Waals surface area contributed by atoms with E-state index in [0.717, 1.165) is 0 Å². The number of ether oxygens (including phenoxy) is 1. The Morgan fingerprint density at radius 2 is 2.06 bits per heavy atom. The highest BCUT2D eigenvalue weighted by Crippen LogP contribution is 2.12. The molecule has 0 bridgehead atoms. The molecule has 0 amide bonds. The summed E-state index contributed by atoms with van der Waals surface area (Å²) in [7, 11) is 0. The van der Waals surface area contributed by atoms with Crippen LogP contribution in [0.5, 0.6) is 0 Å². The van der Waals surface area contributed by atoms with Crippen LogP contribution >= 0.6 is 0 Å². The Hall–Kier alpha value is -1.97. The minimum atomic E-state index is -0.468. The molecule has 1 aromatic carbocycles. The van der Waals surface area contributed by atoms with E-state index in [1.165, 1.54) is 13.0 Å².